The van der Waals surface area contributed by atoms with Crippen LogP contribution in [0, 0.1) is 5.92 Å². The summed E-state index contributed by atoms with van der Waals surface area (Å²) in [5, 5.41) is 8.18. The molecule has 57 heavy (non-hydrogen) atoms. The number of benzene rings is 2. The summed E-state index contributed by atoms with van der Waals surface area (Å²) in [5.41, 5.74) is 3.33. The van der Waals surface area contributed by atoms with Crippen molar-refractivity contribution in [1.82, 2.24) is 39.8 Å². The molecule has 3 aromatic heterocycles. The lowest BCUT2D eigenvalue weighted by atomic mass is 10.0. The molecule has 0 aliphatic carbocycles. The first-order valence-electron chi connectivity index (χ1n) is 18.8. The molecule has 0 unspecified atom stereocenters. The van der Waals surface area contributed by atoms with Crippen LogP contribution in [-0.2, 0) is 23.9 Å². The van der Waals surface area contributed by atoms with Gasteiger partial charge < -0.3 is 40.2 Å². The average Bonchev–Trinajstić information content (AvgIpc) is 4.07. The summed E-state index contributed by atoms with van der Waals surface area (Å²) < 4.78 is 11.4. The van der Waals surface area contributed by atoms with Gasteiger partial charge in [0.1, 0.15) is 23.9 Å². The minimum absolute atomic E-state index is 0.121. The molecule has 4 N–H and O–H groups in total. The van der Waals surface area contributed by atoms with Crippen molar-refractivity contribution >= 4 is 52.0 Å². The van der Waals surface area contributed by atoms with E-state index in [1.54, 1.807) is 41.6 Å². The number of anilines is 1. The summed E-state index contributed by atoms with van der Waals surface area (Å²) in [7, 11) is 2.51. The number of carbonyl (C=O) groups excluding carboxylic acids is 5. The second-order valence-electron chi connectivity index (χ2n) is 14.4. The SMILES string of the molecule is COC(=O)N[C@H](C(=O)N1CCC[C@H]1c1ncc(-c2ccc(-c3cn4cc(NC(=O)[C@@H]5CCCN5C(=O)[C@H](NC(=O)OC)c5ccccc5)nc4s3)cc2)[nH]1)C(C)C. The van der Waals surface area contributed by atoms with Crippen LogP contribution < -0.4 is 16.0 Å². The third-order valence-electron chi connectivity index (χ3n) is 10.4. The van der Waals surface area contributed by atoms with Gasteiger partial charge >= 0.3 is 12.2 Å². The lowest BCUT2D eigenvalue weighted by Gasteiger charge is -2.30. The maximum absolute atomic E-state index is 13.7. The Labute approximate surface area is 333 Å². The number of carbonyl (C=O) groups is 5. The average molecular weight is 796 g/mol. The van der Waals surface area contributed by atoms with Crippen molar-refractivity contribution in [2.24, 2.45) is 5.92 Å². The van der Waals surface area contributed by atoms with Crippen molar-refractivity contribution in [3.8, 4) is 21.7 Å². The van der Waals surface area contributed by atoms with E-state index in [4.69, 9.17) is 9.47 Å². The van der Waals surface area contributed by atoms with E-state index in [1.165, 1.54) is 30.5 Å². The van der Waals surface area contributed by atoms with Gasteiger partial charge in [-0.3, -0.25) is 18.8 Å². The smallest absolute Gasteiger partial charge is 0.407 e. The second kappa shape index (κ2) is 16.9. The largest absolute Gasteiger partial charge is 0.453 e. The van der Waals surface area contributed by atoms with Gasteiger partial charge in [0.05, 0.1) is 43.2 Å². The van der Waals surface area contributed by atoms with Gasteiger partial charge in [0, 0.05) is 19.3 Å². The number of ether oxygens (including phenoxy) is 2. The molecule has 4 atom stereocenters. The Kier molecular flexibility index (Phi) is 11.5. The molecule has 5 heterocycles. The number of imidazole rings is 2. The highest BCUT2D eigenvalue weighted by atomic mass is 32.1. The topological polar surface area (TPSA) is 192 Å². The van der Waals surface area contributed by atoms with Crippen LogP contribution >= 0.6 is 11.3 Å². The molecule has 0 spiro atoms. The van der Waals surface area contributed by atoms with Gasteiger partial charge in [0.15, 0.2) is 10.8 Å². The van der Waals surface area contributed by atoms with Gasteiger partial charge in [0.25, 0.3) is 5.91 Å². The summed E-state index contributed by atoms with van der Waals surface area (Å²) in [5.74, 6) is 0.0470. The molecular weight excluding hydrogens is 751 g/mol. The Morgan fingerprint density at radius 1 is 0.842 bits per heavy atom. The molecule has 16 nitrogen and oxygen atoms in total. The number of aromatic amines is 1. The monoisotopic (exact) mass is 795 g/mol. The van der Waals surface area contributed by atoms with Crippen LogP contribution in [0.15, 0.2) is 73.2 Å². The molecule has 5 aromatic rings. The number of methoxy groups -OCH3 is 2. The van der Waals surface area contributed by atoms with Crippen LogP contribution in [0.2, 0.25) is 0 Å². The summed E-state index contributed by atoms with van der Waals surface area (Å²) in [6.07, 6.45) is 6.79. The van der Waals surface area contributed by atoms with Crippen molar-refractivity contribution < 1.29 is 33.4 Å². The standard InChI is InChI=1S/C40H45N9O7S/c1-23(2)32(45-39(53)55-3)36(51)48-18-8-12-28(48)34-41-20-27(42-34)24-14-16-25(17-15-24)30-21-47-22-31(44-38(47)57-30)43-35(50)29-13-9-19-49(29)37(52)33(46-40(54)56-4)26-10-6-5-7-11-26/h5-7,10-11,14-17,20-23,28-29,32-33H,8-9,12-13,18-19H2,1-4H3,(H,41,42)(H,43,50)(H,45,53)(H,46,54)/t28-,29-,32-,33+/m0/s1. The highest BCUT2D eigenvalue weighted by Gasteiger charge is 2.39. The van der Waals surface area contributed by atoms with Gasteiger partial charge in [-0.1, -0.05) is 79.8 Å². The third kappa shape index (κ3) is 8.33. The van der Waals surface area contributed by atoms with Crippen molar-refractivity contribution in [2.75, 3.05) is 32.6 Å². The van der Waals surface area contributed by atoms with E-state index in [1.807, 2.05) is 54.8 Å². The zero-order valence-corrected chi connectivity index (χ0v) is 32.9. The van der Waals surface area contributed by atoms with Gasteiger partial charge in [-0.25, -0.2) is 19.6 Å². The number of nitrogens with one attached hydrogen (secondary N) is 4. The van der Waals surface area contributed by atoms with E-state index >= 15 is 0 Å². The van der Waals surface area contributed by atoms with E-state index in [9.17, 15) is 24.0 Å². The molecule has 7 rings (SSSR count). The number of hydrogen-bond donors (Lipinski definition) is 4. The van der Waals surface area contributed by atoms with Crippen LogP contribution in [0.4, 0.5) is 15.4 Å². The molecule has 0 radical (unpaired) electrons. The summed E-state index contributed by atoms with van der Waals surface area (Å²) >= 11 is 1.47. The number of alkyl carbamates (subject to hydrolysis) is 2. The first-order chi connectivity index (χ1) is 27.5. The molecule has 0 bridgehead atoms. The Morgan fingerprint density at radius 3 is 2.23 bits per heavy atom. The summed E-state index contributed by atoms with van der Waals surface area (Å²) in [6, 6.07) is 14.2. The number of thiazole rings is 1. The number of H-pyrrole nitrogens is 1. The predicted molar refractivity (Wildman–Crippen MR) is 212 cm³/mol. The lowest BCUT2D eigenvalue weighted by Crippen LogP contribution is -2.51. The number of nitrogens with zero attached hydrogens (tertiary/aromatic N) is 5. The van der Waals surface area contributed by atoms with E-state index in [2.05, 4.69) is 30.9 Å². The van der Waals surface area contributed by atoms with E-state index in [-0.39, 0.29) is 23.8 Å². The molecule has 5 amide bonds. The van der Waals surface area contributed by atoms with Crippen LogP contribution in [0.25, 0.3) is 26.7 Å². The minimum atomic E-state index is -1.00. The fourth-order valence-corrected chi connectivity index (χ4v) is 8.41. The van der Waals surface area contributed by atoms with Crippen LogP contribution in [-0.4, -0.2) is 98.5 Å². The van der Waals surface area contributed by atoms with Crippen molar-refractivity contribution in [1.29, 1.82) is 0 Å². The Bertz CT molecular complexity index is 2220. The lowest BCUT2D eigenvalue weighted by molar-refractivity contribution is -0.138. The number of likely N-dealkylation sites (tertiary alicyclic amines) is 2. The maximum Gasteiger partial charge on any atom is 0.407 e. The van der Waals surface area contributed by atoms with Crippen molar-refractivity contribution in [2.45, 2.75) is 63.7 Å². The number of rotatable bonds is 11. The Balaban J connectivity index is 0.994. The molecule has 2 aromatic carbocycles. The summed E-state index contributed by atoms with van der Waals surface area (Å²) in [4.78, 5) is 82.5. The van der Waals surface area contributed by atoms with Gasteiger partial charge in [-0.05, 0) is 48.3 Å². The van der Waals surface area contributed by atoms with Crippen molar-refractivity contribution in [3.05, 3.63) is 84.6 Å². The minimum Gasteiger partial charge on any atom is -0.453 e. The molecule has 2 saturated heterocycles. The Morgan fingerprint density at radius 2 is 1.53 bits per heavy atom. The molecule has 2 fully saturated rings. The van der Waals surface area contributed by atoms with Gasteiger partial charge in [-0.2, -0.15) is 0 Å². The Hall–Kier alpha value is -6.23. The quantitative estimate of drug-likeness (QED) is 0.133. The highest BCUT2D eigenvalue weighted by molar-refractivity contribution is 7.20. The fraction of sp³-hybridized carbons (Fsp3) is 0.375. The van der Waals surface area contributed by atoms with E-state index in [0.29, 0.717) is 48.1 Å². The van der Waals surface area contributed by atoms with Gasteiger partial charge in [0.2, 0.25) is 11.8 Å². The first-order valence-corrected chi connectivity index (χ1v) is 19.7. The molecule has 298 valence electrons. The zero-order valence-electron chi connectivity index (χ0n) is 32.1. The molecule has 0 saturated carbocycles. The molecule has 17 heteroatoms. The number of hydrogen-bond acceptors (Lipinski definition) is 10. The molecule has 2 aliphatic rings. The number of fused-ring (bicyclic) bond motifs is 1. The van der Waals surface area contributed by atoms with Crippen LogP contribution in [0.1, 0.15) is 63.0 Å². The van der Waals surface area contributed by atoms with Gasteiger partial charge in [-0.15, -0.1) is 0 Å². The molecule has 2 aliphatic heterocycles. The second-order valence-corrected chi connectivity index (χ2v) is 15.4. The first kappa shape index (κ1) is 39.0. The van der Waals surface area contributed by atoms with Crippen LogP contribution in [0.3, 0.4) is 0 Å². The summed E-state index contributed by atoms with van der Waals surface area (Å²) in [6.45, 7) is 4.73. The molecular formula is C40H45N9O7S. The predicted octanol–water partition coefficient (Wildman–Crippen LogP) is 5.52. The van der Waals surface area contributed by atoms with Crippen LogP contribution in [0.5, 0.6) is 0 Å². The maximum atomic E-state index is 13.7. The fourth-order valence-electron chi connectivity index (χ4n) is 7.44. The normalized spacial score (nSPS) is 17.7. The zero-order chi connectivity index (χ0) is 40.2. The van der Waals surface area contributed by atoms with E-state index in [0.717, 1.165) is 34.5 Å². The third-order valence-corrected chi connectivity index (χ3v) is 11.4. The number of amides is 5. The van der Waals surface area contributed by atoms with Crippen molar-refractivity contribution in [3.63, 3.8) is 0 Å². The number of aromatic nitrogens is 4. The highest BCUT2D eigenvalue weighted by Crippen LogP contribution is 2.35. The van der Waals surface area contributed by atoms with E-state index < -0.39 is 36.2 Å².